The number of benzene rings is 1. The van der Waals surface area contributed by atoms with Crippen molar-refractivity contribution in [3.63, 3.8) is 0 Å². The van der Waals surface area contributed by atoms with E-state index in [9.17, 15) is 4.79 Å². The highest BCUT2D eigenvalue weighted by atomic mass is 16.1. The van der Waals surface area contributed by atoms with Crippen LogP contribution in [0.5, 0.6) is 0 Å². The van der Waals surface area contributed by atoms with Gasteiger partial charge in [0, 0.05) is 13.1 Å². The number of hydrogen-bond acceptors (Lipinski definition) is 3. The summed E-state index contributed by atoms with van der Waals surface area (Å²) in [6.07, 6.45) is 1.66. The Morgan fingerprint density at radius 1 is 1.23 bits per heavy atom. The van der Waals surface area contributed by atoms with Gasteiger partial charge in [-0.05, 0) is 32.0 Å². The minimum atomic E-state index is -0.0719. The van der Waals surface area contributed by atoms with Crippen LogP contribution in [0.25, 0.3) is 5.69 Å². The van der Waals surface area contributed by atoms with Crippen LogP contribution >= 0.6 is 0 Å². The van der Waals surface area contributed by atoms with Crippen LogP contribution in [0.1, 0.15) is 41.4 Å². The average Bonchev–Trinajstić information content (AvgIpc) is 2.93. The van der Waals surface area contributed by atoms with Crippen LogP contribution in [0.15, 0.2) is 30.5 Å². The Morgan fingerprint density at radius 2 is 1.91 bits per heavy atom. The van der Waals surface area contributed by atoms with Gasteiger partial charge in [-0.25, -0.2) is 4.68 Å². The first kappa shape index (κ1) is 16.2. The molecule has 5 heteroatoms. The first-order valence-corrected chi connectivity index (χ1v) is 7.62. The van der Waals surface area contributed by atoms with E-state index in [1.165, 1.54) is 5.56 Å². The quantitative estimate of drug-likeness (QED) is 0.805. The number of likely N-dealkylation sites (N-methyl/N-ethyl adjacent to an activating group) is 1. The molecule has 22 heavy (non-hydrogen) atoms. The number of carbonyl (C=O) groups is 1. The maximum absolute atomic E-state index is 12.4. The Hall–Kier alpha value is -2.14. The van der Waals surface area contributed by atoms with Crippen molar-refractivity contribution in [2.24, 2.45) is 0 Å². The zero-order valence-electron chi connectivity index (χ0n) is 13.7. The monoisotopic (exact) mass is 300 g/mol. The molecule has 0 saturated carbocycles. The van der Waals surface area contributed by atoms with Gasteiger partial charge >= 0.3 is 0 Å². The number of amides is 1. The van der Waals surface area contributed by atoms with Gasteiger partial charge in [0.05, 0.1) is 23.1 Å². The van der Waals surface area contributed by atoms with E-state index in [-0.39, 0.29) is 11.8 Å². The predicted molar refractivity (Wildman–Crippen MR) is 88.6 cm³/mol. The third kappa shape index (κ3) is 3.54. The van der Waals surface area contributed by atoms with Crippen molar-refractivity contribution in [2.45, 2.75) is 26.7 Å². The topological polar surface area (TPSA) is 58.9 Å². The lowest BCUT2D eigenvalue weighted by Crippen LogP contribution is -2.31. The van der Waals surface area contributed by atoms with Crippen LogP contribution in [-0.2, 0) is 0 Å². The Balaban J connectivity index is 2.33. The van der Waals surface area contributed by atoms with Crippen molar-refractivity contribution in [1.29, 1.82) is 0 Å². The summed E-state index contributed by atoms with van der Waals surface area (Å²) in [4.78, 5) is 12.4. The minimum absolute atomic E-state index is 0.0719. The summed E-state index contributed by atoms with van der Waals surface area (Å²) < 4.78 is 1.86. The highest BCUT2D eigenvalue weighted by molar-refractivity contribution is 5.95. The summed E-state index contributed by atoms with van der Waals surface area (Å²) in [7, 11) is 1.86. The lowest BCUT2D eigenvalue weighted by Gasteiger charge is -2.13. The van der Waals surface area contributed by atoms with Crippen molar-refractivity contribution in [3.05, 3.63) is 47.3 Å². The molecule has 1 amide bonds. The molecule has 118 valence electrons. The molecule has 2 aromatic rings. The van der Waals surface area contributed by atoms with Gasteiger partial charge in [0.15, 0.2) is 0 Å². The van der Waals surface area contributed by atoms with Crippen LogP contribution in [0, 0.1) is 6.92 Å². The largest absolute Gasteiger partial charge is 0.351 e. The molecule has 5 nitrogen and oxygen atoms in total. The molecule has 2 N–H and O–H groups in total. The Bertz CT molecular complexity index is 629. The van der Waals surface area contributed by atoms with Crippen LogP contribution in [0.2, 0.25) is 0 Å². The molecule has 0 spiro atoms. The van der Waals surface area contributed by atoms with Crippen molar-refractivity contribution in [3.8, 4) is 5.69 Å². The zero-order valence-corrected chi connectivity index (χ0v) is 13.7. The Kier molecular flexibility index (Phi) is 5.33. The standard InChI is InChI=1S/C17H24N4O/c1-12(2)16-15(17(22)19-10-9-18-4)11-20-21(16)14-7-5-13(3)6-8-14/h5-8,11-12,18H,9-10H2,1-4H3,(H,19,22). The van der Waals surface area contributed by atoms with Gasteiger partial charge in [-0.1, -0.05) is 31.5 Å². The lowest BCUT2D eigenvalue weighted by atomic mass is 10.0. The van der Waals surface area contributed by atoms with Gasteiger partial charge in [-0.15, -0.1) is 0 Å². The van der Waals surface area contributed by atoms with Crippen molar-refractivity contribution in [2.75, 3.05) is 20.1 Å². The summed E-state index contributed by atoms with van der Waals surface area (Å²) >= 11 is 0. The highest BCUT2D eigenvalue weighted by Gasteiger charge is 2.20. The summed E-state index contributed by atoms with van der Waals surface area (Å²) in [6, 6.07) is 8.15. The average molecular weight is 300 g/mol. The van der Waals surface area contributed by atoms with Gasteiger partial charge in [-0.3, -0.25) is 4.79 Å². The molecule has 1 aromatic carbocycles. The molecule has 0 fully saturated rings. The summed E-state index contributed by atoms with van der Waals surface area (Å²) in [5.41, 5.74) is 3.76. The number of carbonyl (C=O) groups excluding carboxylic acids is 1. The third-order valence-corrected chi connectivity index (χ3v) is 3.54. The molecule has 1 aromatic heterocycles. The number of aryl methyl sites for hydroxylation is 1. The van der Waals surface area contributed by atoms with E-state index in [2.05, 4.69) is 36.5 Å². The van der Waals surface area contributed by atoms with E-state index >= 15 is 0 Å². The predicted octanol–water partition coefficient (Wildman–Crippen LogP) is 2.25. The van der Waals surface area contributed by atoms with Crippen LogP contribution in [-0.4, -0.2) is 35.8 Å². The van der Waals surface area contributed by atoms with E-state index in [1.54, 1.807) is 6.20 Å². The van der Waals surface area contributed by atoms with Crippen LogP contribution in [0.4, 0.5) is 0 Å². The number of nitrogens with one attached hydrogen (secondary N) is 2. The first-order chi connectivity index (χ1) is 10.5. The summed E-state index contributed by atoms with van der Waals surface area (Å²) in [6.45, 7) is 7.55. The normalized spacial score (nSPS) is 11.0. The second-order valence-corrected chi connectivity index (χ2v) is 5.70. The highest BCUT2D eigenvalue weighted by Crippen LogP contribution is 2.23. The zero-order chi connectivity index (χ0) is 16.1. The molecule has 0 atom stereocenters. The van der Waals surface area contributed by atoms with Gasteiger partial charge in [-0.2, -0.15) is 5.10 Å². The summed E-state index contributed by atoms with van der Waals surface area (Å²) in [5.74, 6) is 0.131. The van der Waals surface area contributed by atoms with E-state index in [1.807, 2.05) is 36.0 Å². The van der Waals surface area contributed by atoms with E-state index in [0.29, 0.717) is 12.1 Å². The molecule has 1 heterocycles. The number of rotatable bonds is 6. The number of hydrogen-bond donors (Lipinski definition) is 2. The van der Waals surface area contributed by atoms with E-state index in [0.717, 1.165) is 17.9 Å². The van der Waals surface area contributed by atoms with Gasteiger partial charge < -0.3 is 10.6 Å². The molecule has 0 unspecified atom stereocenters. The first-order valence-electron chi connectivity index (χ1n) is 7.62. The number of aromatic nitrogens is 2. The molecule has 0 aliphatic heterocycles. The fourth-order valence-electron chi connectivity index (χ4n) is 2.38. The lowest BCUT2D eigenvalue weighted by molar-refractivity contribution is 0.0953. The molecule has 0 radical (unpaired) electrons. The second kappa shape index (κ2) is 7.22. The third-order valence-electron chi connectivity index (χ3n) is 3.54. The van der Waals surface area contributed by atoms with E-state index < -0.39 is 0 Å². The fraction of sp³-hybridized carbons (Fsp3) is 0.412. The summed E-state index contributed by atoms with van der Waals surface area (Å²) in [5, 5.41) is 10.4. The van der Waals surface area contributed by atoms with Gasteiger partial charge in [0.2, 0.25) is 0 Å². The fourth-order valence-corrected chi connectivity index (χ4v) is 2.38. The molecule has 0 saturated heterocycles. The maximum atomic E-state index is 12.4. The van der Waals surface area contributed by atoms with Crippen molar-refractivity contribution >= 4 is 5.91 Å². The van der Waals surface area contributed by atoms with Crippen LogP contribution in [0.3, 0.4) is 0 Å². The van der Waals surface area contributed by atoms with Gasteiger partial charge in [0.1, 0.15) is 0 Å². The molecular formula is C17H24N4O. The second-order valence-electron chi connectivity index (χ2n) is 5.70. The SMILES string of the molecule is CNCCNC(=O)c1cnn(-c2ccc(C)cc2)c1C(C)C. The Labute approximate surface area is 131 Å². The molecule has 0 aliphatic rings. The molecule has 0 bridgehead atoms. The minimum Gasteiger partial charge on any atom is -0.351 e. The molecular weight excluding hydrogens is 276 g/mol. The van der Waals surface area contributed by atoms with Gasteiger partial charge in [0.25, 0.3) is 5.91 Å². The van der Waals surface area contributed by atoms with Crippen LogP contribution < -0.4 is 10.6 Å². The Morgan fingerprint density at radius 3 is 2.50 bits per heavy atom. The molecule has 2 rings (SSSR count). The van der Waals surface area contributed by atoms with E-state index in [4.69, 9.17) is 0 Å². The smallest absolute Gasteiger partial charge is 0.254 e. The maximum Gasteiger partial charge on any atom is 0.254 e. The number of nitrogens with zero attached hydrogens (tertiary/aromatic N) is 2. The molecule has 0 aliphatic carbocycles. The van der Waals surface area contributed by atoms with Crippen molar-refractivity contribution < 1.29 is 4.79 Å². The van der Waals surface area contributed by atoms with Crippen molar-refractivity contribution in [1.82, 2.24) is 20.4 Å².